The van der Waals surface area contributed by atoms with Crippen LogP contribution < -0.4 is 0 Å². The molecule has 0 aliphatic carbocycles. The number of carbonyl (C=O) groups is 1. The molecule has 0 aliphatic heterocycles. The Kier molecular flexibility index (Phi) is 6.01. The number of carbonyl (C=O) groups excluding carboxylic acids is 1. The van der Waals surface area contributed by atoms with Crippen molar-refractivity contribution in [1.82, 2.24) is 24.7 Å². The average Bonchev–Trinajstić information content (AvgIpc) is 3.44. The summed E-state index contributed by atoms with van der Waals surface area (Å²) in [6.07, 6.45) is -2.23. The van der Waals surface area contributed by atoms with Crippen molar-refractivity contribution in [3.8, 4) is 11.6 Å². The van der Waals surface area contributed by atoms with E-state index in [0.29, 0.717) is 16.1 Å². The number of alkyl halides is 3. The number of fused-ring (bicyclic) bond motifs is 1. The third kappa shape index (κ3) is 4.33. The summed E-state index contributed by atoms with van der Waals surface area (Å²) >= 11 is 12.2. The Hall–Kier alpha value is -3.76. The summed E-state index contributed by atoms with van der Waals surface area (Å²) in [5, 5.41) is 8.11. The molecule has 0 fully saturated rings. The Labute approximate surface area is 211 Å². The minimum absolute atomic E-state index is 0.0965. The van der Waals surface area contributed by atoms with Gasteiger partial charge in [0.15, 0.2) is 0 Å². The number of aromatic nitrogens is 5. The first-order valence-corrected chi connectivity index (χ1v) is 11.2. The van der Waals surface area contributed by atoms with E-state index in [1.807, 2.05) is 0 Å². The molecule has 0 saturated carbocycles. The normalized spacial score (nSPS) is 11.8. The van der Waals surface area contributed by atoms with E-state index in [2.05, 4.69) is 20.2 Å². The van der Waals surface area contributed by atoms with Gasteiger partial charge in [-0.3, -0.25) is 4.79 Å². The number of nitrogens with zero attached hydrogens (tertiary/aromatic N) is 5. The van der Waals surface area contributed by atoms with Gasteiger partial charge >= 0.3 is 6.18 Å². The van der Waals surface area contributed by atoms with E-state index in [1.54, 1.807) is 19.1 Å². The molecule has 0 unspecified atom stereocenters. The van der Waals surface area contributed by atoms with Gasteiger partial charge in [0.05, 0.1) is 5.56 Å². The lowest BCUT2D eigenvalue weighted by molar-refractivity contribution is -0.143. The fourth-order valence-corrected chi connectivity index (χ4v) is 4.39. The van der Waals surface area contributed by atoms with Gasteiger partial charge in [-0.1, -0.05) is 40.9 Å². The highest BCUT2D eigenvalue weighted by molar-refractivity contribution is 6.35. The third-order valence-electron chi connectivity index (χ3n) is 5.48. The first-order valence-electron chi connectivity index (χ1n) is 10.4. The third-order valence-corrected chi connectivity index (χ3v) is 6.07. The molecule has 36 heavy (non-hydrogen) atoms. The van der Waals surface area contributed by atoms with Gasteiger partial charge in [-0.15, -0.1) is 10.2 Å². The minimum Gasteiger partial charge on any atom is -0.412 e. The van der Waals surface area contributed by atoms with Crippen molar-refractivity contribution in [1.29, 1.82) is 0 Å². The Morgan fingerprint density at radius 1 is 1.08 bits per heavy atom. The lowest BCUT2D eigenvalue weighted by Crippen LogP contribution is -2.19. The average molecular weight is 532 g/mol. The number of ketones is 1. The summed E-state index contributed by atoms with van der Waals surface area (Å²) in [5.41, 5.74) is -0.266. The largest absolute Gasteiger partial charge is 0.432 e. The molecule has 12 heteroatoms. The quantitative estimate of drug-likeness (QED) is 0.244. The lowest BCUT2D eigenvalue weighted by Gasteiger charge is -2.15. The predicted molar refractivity (Wildman–Crippen MR) is 126 cm³/mol. The monoisotopic (exact) mass is 531 g/mol. The van der Waals surface area contributed by atoms with Crippen LogP contribution in [-0.2, 0) is 12.7 Å². The van der Waals surface area contributed by atoms with Gasteiger partial charge in [-0.05, 0) is 42.8 Å². The van der Waals surface area contributed by atoms with Crippen LogP contribution in [0.3, 0.4) is 0 Å². The molecule has 3 aromatic heterocycles. The van der Waals surface area contributed by atoms with Crippen molar-refractivity contribution in [3.05, 3.63) is 93.3 Å². The van der Waals surface area contributed by atoms with E-state index < -0.39 is 29.1 Å². The molecule has 0 spiro atoms. The van der Waals surface area contributed by atoms with Gasteiger partial charge in [0, 0.05) is 33.7 Å². The van der Waals surface area contributed by atoms with Crippen LogP contribution in [0.5, 0.6) is 0 Å². The van der Waals surface area contributed by atoms with Crippen molar-refractivity contribution in [2.75, 3.05) is 0 Å². The summed E-state index contributed by atoms with van der Waals surface area (Å²) in [4.78, 5) is 21.2. The summed E-state index contributed by atoms with van der Waals surface area (Å²) in [6.45, 7) is 1.46. The van der Waals surface area contributed by atoms with Gasteiger partial charge in [0.25, 0.3) is 17.6 Å². The van der Waals surface area contributed by atoms with Crippen LogP contribution in [-0.4, -0.2) is 30.5 Å². The van der Waals surface area contributed by atoms with Crippen LogP contribution >= 0.6 is 23.2 Å². The fourth-order valence-electron chi connectivity index (χ4n) is 3.92. The second kappa shape index (κ2) is 9.03. The highest BCUT2D eigenvalue weighted by Crippen LogP contribution is 2.40. The van der Waals surface area contributed by atoms with E-state index in [4.69, 9.17) is 27.6 Å². The van der Waals surface area contributed by atoms with Crippen molar-refractivity contribution < 1.29 is 22.4 Å². The predicted octanol–water partition coefficient (Wildman–Crippen LogP) is 6.39. The molecule has 0 N–H and O–H groups in total. The topological polar surface area (TPSA) is 86.7 Å². The standard InChI is InChI=1S/C24H14Cl2F3N5O2/c1-12-2-5-18-15(8-12)19(20(35)23-33-32-22(36-23)17-6-7-30-11-31-17)21(24(27,28)29)34(18)10-13-3-4-14(25)9-16(13)26/h2-9,11H,10H2,1H3. The van der Waals surface area contributed by atoms with Gasteiger partial charge in [0.2, 0.25) is 0 Å². The molecule has 0 bridgehead atoms. The summed E-state index contributed by atoms with van der Waals surface area (Å²) in [7, 11) is 0. The van der Waals surface area contributed by atoms with Crippen LogP contribution in [0.2, 0.25) is 10.0 Å². The Morgan fingerprint density at radius 3 is 2.58 bits per heavy atom. The van der Waals surface area contributed by atoms with Crippen LogP contribution in [0.15, 0.2) is 59.4 Å². The van der Waals surface area contributed by atoms with Crippen LogP contribution in [0.1, 0.15) is 33.1 Å². The molecular weight excluding hydrogens is 518 g/mol. The Morgan fingerprint density at radius 2 is 1.89 bits per heavy atom. The van der Waals surface area contributed by atoms with E-state index in [9.17, 15) is 18.0 Å². The molecule has 2 aromatic carbocycles. The second-order valence-corrected chi connectivity index (χ2v) is 8.74. The molecule has 0 amide bonds. The number of halogens is 5. The SMILES string of the molecule is Cc1ccc2c(c1)c(C(=O)c1nnc(-c3ccncn3)o1)c(C(F)(F)F)n2Cc1ccc(Cl)cc1Cl. The Balaban J connectivity index is 1.71. The molecule has 0 aliphatic rings. The number of aryl methyl sites for hydroxylation is 1. The number of benzene rings is 2. The van der Waals surface area contributed by atoms with E-state index >= 15 is 0 Å². The highest BCUT2D eigenvalue weighted by Gasteiger charge is 2.42. The second-order valence-electron chi connectivity index (χ2n) is 7.90. The van der Waals surface area contributed by atoms with E-state index in [1.165, 1.54) is 42.9 Å². The van der Waals surface area contributed by atoms with Crippen molar-refractivity contribution >= 4 is 39.9 Å². The van der Waals surface area contributed by atoms with Crippen molar-refractivity contribution in [2.24, 2.45) is 0 Å². The smallest absolute Gasteiger partial charge is 0.412 e. The van der Waals surface area contributed by atoms with Gasteiger partial charge in [0.1, 0.15) is 17.7 Å². The molecule has 182 valence electrons. The molecule has 0 atom stereocenters. The Bertz CT molecular complexity index is 1610. The number of hydrogen-bond acceptors (Lipinski definition) is 6. The summed E-state index contributed by atoms with van der Waals surface area (Å²) in [5.74, 6) is -1.78. The maximum absolute atomic E-state index is 14.6. The van der Waals surface area contributed by atoms with Gasteiger partial charge in [-0.2, -0.15) is 13.2 Å². The van der Waals surface area contributed by atoms with E-state index in [0.717, 1.165) is 4.57 Å². The maximum Gasteiger partial charge on any atom is 0.432 e. The number of rotatable bonds is 5. The first-order chi connectivity index (χ1) is 17.1. The molecule has 0 saturated heterocycles. The first kappa shape index (κ1) is 24.0. The van der Waals surface area contributed by atoms with Gasteiger partial charge < -0.3 is 8.98 Å². The fraction of sp³-hybridized carbons (Fsp3) is 0.125. The number of hydrogen-bond donors (Lipinski definition) is 0. The summed E-state index contributed by atoms with van der Waals surface area (Å²) < 4.78 is 50.1. The molecule has 5 aromatic rings. The molecule has 3 heterocycles. The molecule has 5 rings (SSSR count). The van der Waals surface area contributed by atoms with Crippen molar-refractivity contribution in [2.45, 2.75) is 19.6 Å². The zero-order valence-corrected chi connectivity index (χ0v) is 19.9. The van der Waals surface area contributed by atoms with Crippen LogP contribution in [0, 0.1) is 6.92 Å². The zero-order chi connectivity index (χ0) is 25.6. The summed E-state index contributed by atoms with van der Waals surface area (Å²) in [6, 6.07) is 10.7. The maximum atomic E-state index is 14.6. The lowest BCUT2D eigenvalue weighted by atomic mass is 10.0. The van der Waals surface area contributed by atoms with Crippen LogP contribution in [0.25, 0.3) is 22.5 Å². The molecular formula is C24H14Cl2F3N5O2. The van der Waals surface area contributed by atoms with Crippen LogP contribution in [0.4, 0.5) is 13.2 Å². The highest BCUT2D eigenvalue weighted by atomic mass is 35.5. The molecule has 0 radical (unpaired) electrons. The molecule has 7 nitrogen and oxygen atoms in total. The van der Waals surface area contributed by atoms with Crippen molar-refractivity contribution in [3.63, 3.8) is 0 Å². The van der Waals surface area contributed by atoms with E-state index in [-0.39, 0.29) is 34.1 Å². The van der Waals surface area contributed by atoms with Gasteiger partial charge in [-0.25, -0.2) is 9.97 Å². The zero-order valence-electron chi connectivity index (χ0n) is 18.3. The minimum atomic E-state index is -4.90.